The van der Waals surface area contributed by atoms with Gasteiger partial charge < -0.3 is 10.6 Å². The van der Waals surface area contributed by atoms with Gasteiger partial charge in [0.15, 0.2) is 11.5 Å². The minimum atomic E-state index is 0.0631. The van der Waals surface area contributed by atoms with Gasteiger partial charge in [0.2, 0.25) is 0 Å². The Morgan fingerprint density at radius 3 is 2.93 bits per heavy atom. The van der Waals surface area contributed by atoms with E-state index in [2.05, 4.69) is 51.3 Å². The van der Waals surface area contributed by atoms with Crippen LogP contribution in [0.1, 0.15) is 30.7 Å². The maximum Gasteiger partial charge on any atom is 0.178 e. The van der Waals surface area contributed by atoms with Crippen molar-refractivity contribution in [2.24, 2.45) is 5.73 Å². The lowest BCUT2D eigenvalue weighted by atomic mass is 9.98. The molecule has 1 aliphatic rings. The van der Waals surface area contributed by atoms with Gasteiger partial charge in [-0.2, -0.15) is 4.52 Å². The number of anilines is 1. The van der Waals surface area contributed by atoms with Crippen LogP contribution < -0.4 is 10.6 Å². The number of hydrogen-bond donors (Lipinski definition) is 1. The fourth-order valence-corrected chi connectivity index (χ4v) is 3.74. The van der Waals surface area contributed by atoms with Crippen LogP contribution in [0.4, 0.5) is 5.82 Å². The SMILES string of the molecule is CC(c1ccc2ncccc2c1)c1nnc2ccc(N3CC[C@@H](N)C3)nn12. The van der Waals surface area contributed by atoms with E-state index in [4.69, 9.17) is 10.8 Å². The zero-order valence-corrected chi connectivity index (χ0v) is 15.2. The number of aromatic nitrogens is 5. The Morgan fingerprint density at radius 1 is 1.15 bits per heavy atom. The normalized spacial score (nSPS) is 18.4. The van der Waals surface area contributed by atoms with Crippen molar-refractivity contribution in [3.8, 4) is 0 Å². The predicted molar refractivity (Wildman–Crippen MR) is 105 cm³/mol. The summed E-state index contributed by atoms with van der Waals surface area (Å²) >= 11 is 0. The zero-order valence-electron chi connectivity index (χ0n) is 15.2. The van der Waals surface area contributed by atoms with Gasteiger partial charge in [0.1, 0.15) is 5.82 Å². The highest BCUT2D eigenvalue weighted by Crippen LogP contribution is 2.26. The fraction of sp³-hybridized carbons (Fsp3) is 0.300. The van der Waals surface area contributed by atoms with Crippen molar-refractivity contribution in [3.63, 3.8) is 0 Å². The van der Waals surface area contributed by atoms with Crippen LogP contribution >= 0.6 is 0 Å². The van der Waals surface area contributed by atoms with Crippen LogP contribution in [0.3, 0.4) is 0 Å². The fourth-order valence-electron chi connectivity index (χ4n) is 3.74. The largest absolute Gasteiger partial charge is 0.354 e. The number of benzene rings is 1. The molecule has 7 nitrogen and oxygen atoms in total. The molecule has 5 rings (SSSR count). The maximum atomic E-state index is 6.05. The molecule has 1 unspecified atom stereocenters. The van der Waals surface area contributed by atoms with Gasteiger partial charge in [0.05, 0.1) is 5.52 Å². The van der Waals surface area contributed by atoms with Gasteiger partial charge in [-0.15, -0.1) is 15.3 Å². The molecule has 0 aliphatic carbocycles. The van der Waals surface area contributed by atoms with Crippen LogP contribution in [0.2, 0.25) is 0 Å². The second-order valence-electron chi connectivity index (χ2n) is 7.19. The van der Waals surface area contributed by atoms with Crippen molar-refractivity contribution in [2.45, 2.75) is 25.3 Å². The molecule has 3 aromatic heterocycles. The quantitative estimate of drug-likeness (QED) is 0.604. The lowest BCUT2D eigenvalue weighted by molar-refractivity contribution is 0.736. The summed E-state index contributed by atoms with van der Waals surface area (Å²) in [6, 6.07) is 14.5. The molecule has 0 amide bonds. The minimum Gasteiger partial charge on any atom is -0.354 e. The molecule has 4 heterocycles. The second-order valence-corrected chi connectivity index (χ2v) is 7.19. The first-order valence-electron chi connectivity index (χ1n) is 9.26. The van der Waals surface area contributed by atoms with E-state index in [1.54, 1.807) is 0 Å². The highest BCUT2D eigenvalue weighted by molar-refractivity contribution is 5.79. The van der Waals surface area contributed by atoms with Gasteiger partial charge in [-0.1, -0.05) is 19.1 Å². The van der Waals surface area contributed by atoms with Crippen molar-refractivity contribution >= 4 is 22.4 Å². The van der Waals surface area contributed by atoms with Crippen LogP contribution in [-0.4, -0.2) is 43.9 Å². The highest BCUT2D eigenvalue weighted by Gasteiger charge is 2.22. The zero-order chi connectivity index (χ0) is 18.4. The van der Waals surface area contributed by atoms with Crippen LogP contribution in [0.15, 0.2) is 48.7 Å². The Bertz CT molecular complexity index is 1120. The molecule has 0 spiro atoms. The summed E-state index contributed by atoms with van der Waals surface area (Å²) in [5.41, 5.74) is 8.96. The summed E-state index contributed by atoms with van der Waals surface area (Å²) in [6.07, 6.45) is 2.81. The second kappa shape index (κ2) is 6.28. The molecular formula is C20H21N7. The summed E-state index contributed by atoms with van der Waals surface area (Å²) in [6.45, 7) is 3.90. The monoisotopic (exact) mass is 359 g/mol. The summed E-state index contributed by atoms with van der Waals surface area (Å²) in [5.74, 6) is 1.82. The number of rotatable bonds is 3. The molecule has 27 heavy (non-hydrogen) atoms. The lowest BCUT2D eigenvalue weighted by Gasteiger charge is -2.17. The van der Waals surface area contributed by atoms with Gasteiger partial charge in [-0.05, 0) is 42.3 Å². The molecule has 2 N–H and O–H groups in total. The Labute approximate surface area is 156 Å². The third-order valence-corrected chi connectivity index (χ3v) is 5.34. The summed E-state index contributed by atoms with van der Waals surface area (Å²) < 4.78 is 1.86. The highest BCUT2D eigenvalue weighted by atomic mass is 15.4. The topological polar surface area (TPSA) is 85.2 Å². The number of nitrogens with two attached hydrogens (primary N) is 1. The molecule has 2 atom stereocenters. The molecule has 0 bridgehead atoms. The van der Waals surface area contributed by atoms with Crippen molar-refractivity contribution in [1.29, 1.82) is 0 Å². The van der Waals surface area contributed by atoms with E-state index in [1.807, 2.05) is 28.9 Å². The smallest absolute Gasteiger partial charge is 0.178 e. The third kappa shape index (κ3) is 2.80. The first-order chi connectivity index (χ1) is 13.2. The summed E-state index contributed by atoms with van der Waals surface area (Å²) in [4.78, 5) is 6.62. The first-order valence-corrected chi connectivity index (χ1v) is 9.26. The number of nitrogens with zero attached hydrogens (tertiary/aromatic N) is 6. The average Bonchev–Trinajstić information content (AvgIpc) is 3.32. The van der Waals surface area contributed by atoms with E-state index < -0.39 is 0 Å². The van der Waals surface area contributed by atoms with Gasteiger partial charge in [0.25, 0.3) is 0 Å². The van der Waals surface area contributed by atoms with E-state index >= 15 is 0 Å². The molecule has 0 radical (unpaired) electrons. The summed E-state index contributed by atoms with van der Waals surface area (Å²) in [7, 11) is 0. The van der Waals surface area contributed by atoms with Gasteiger partial charge in [0, 0.05) is 36.6 Å². The van der Waals surface area contributed by atoms with E-state index in [1.165, 1.54) is 5.56 Å². The Hall–Kier alpha value is -3.06. The van der Waals surface area contributed by atoms with Gasteiger partial charge in [-0.3, -0.25) is 4.98 Å². The third-order valence-electron chi connectivity index (χ3n) is 5.34. The van der Waals surface area contributed by atoms with E-state index in [9.17, 15) is 0 Å². The number of fused-ring (bicyclic) bond motifs is 2. The van der Waals surface area contributed by atoms with Crippen molar-refractivity contribution in [2.75, 3.05) is 18.0 Å². The molecule has 4 aromatic rings. The van der Waals surface area contributed by atoms with Gasteiger partial charge >= 0.3 is 0 Å². The number of hydrogen-bond acceptors (Lipinski definition) is 6. The average molecular weight is 359 g/mol. The summed E-state index contributed by atoms with van der Waals surface area (Å²) in [5, 5.41) is 14.7. The van der Waals surface area contributed by atoms with Crippen LogP contribution in [-0.2, 0) is 0 Å². The number of pyridine rings is 1. The Kier molecular flexibility index (Phi) is 3.75. The van der Waals surface area contributed by atoms with Crippen molar-refractivity contribution in [1.82, 2.24) is 24.8 Å². The van der Waals surface area contributed by atoms with E-state index in [0.717, 1.165) is 47.7 Å². The van der Waals surface area contributed by atoms with Crippen molar-refractivity contribution < 1.29 is 0 Å². The molecule has 1 fully saturated rings. The molecule has 7 heteroatoms. The molecule has 1 aliphatic heterocycles. The molecule has 0 saturated carbocycles. The van der Waals surface area contributed by atoms with Crippen molar-refractivity contribution in [3.05, 3.63) is 60.0 Å². The predicted octanol–water partition coefficient (Wildman–Crippen LogP) is 2.36. The van der Waals surface area contributed by atoms with E-state index in [0.29, 0.717) is 0 Å². The van der Waals surface area contributed by atoms with Gasteiger partial charge in [-0.25, -0.2) is 0 Å². The molecular weight excluding hydrogens is 338 g/mol. The minimum absolute atomic E-state index is 0.0631. The molecule has 1 aromatic carbocycles. The standard InChI is InChI=1S/C20H21N7/c1-13(14-4-5-17-15(11-14)3-2-9-22-17)20-24-23-18-6-7-19(25-27(18)20)26-10-8-16(21)12-26/h2-7,9,11,13,16H,8,10,12,21H2,1H3/t13?,16-/m1/s1. The Morgan fingerprint density at radius 2 is 2.07 bits per heavy atom. The Balaban J connectivity index is 1.54. The molecule has 136 valence electrons. The lowest BCUT2D eigenvalue weighted by Crippen LogP contribution is -2.27. The van der Waals surface area contributed by atoms with E-state index in [-0.39, 0.29) is 12.0 Å². The van der Waals surface area contributed by atoms with Crippen LogP contribution in [0, 0.1) is 0 Å². The first kappa shape index (κ1) is 16.1. The molecule has 1 saturated heterocycles. The maximum absolute atomic E-state index is 6.05. The van der Waals surface area contributed by atoms with Crippen LogP contribution in [0.25, 0.3) is 16.6 Å². The van der Waals surface area contributed by atoms with Crippen LogP contribution in [0.5, 0.6) is 0 Å².